The number of nitrogens with one attached hydrogen (secondary N) is 1. The predicted molar refractivity (Wildman–Crippen MR) is 127 cm³/mol. The zero-order chi connectivity index (χ0) is 23.7. The summed E-state index contributed by atoms with van der Waals surface area (Å²) in [5.41, 5.74) is 4.64. The number of nitrogens with zero attached hydrogens (tertiary/aromatic N) is 1. The van der Waals surface area contributed by atoms with E-state index in [1.54, 1.807) is 0 Å². The first kappa shape index (κ1) is 22.7. The molecule has 178 valence electrons. The molecule has 1 aliphatic carbocycles. The third-order valence-corrected chi connectivity index (χ3v) is 7.71. The van der Waals surface area contributed by atoms with Crippen LogP contribution in [0, 0.1) is 5.92 Å². The summed E-state index contributed by atoms with van der Waals surface area (Å²) >= 11 is 1.44. The van der Waals surface area contributed by atoms with Gasteiger partial charge in [0, 0.05) is 18.2 Å². The van der Waals surface area contributed by atoms with Crippen LogP contribution in [0.1, 0.15) is 23.5 Å². The second-order valence-electron chi connectivity index (χ2n) is 8.76. The van der Waals surface area contributed by atoms with E-state index in [1.165, 1.54) is 27.8 Å². The van der Waals surface area contributed by atoms with Crippen LogP contribution in [0.25, 0.3) is 11.1 Å². The van der Waals surface area contributed by atoms with E-state index in [0.717, 1.165) is 11.1 Å². The number of fused-ring (bicyclic) bond motifs is 3. The van der Waals surface area contributed by atoms with E-state index in [9.17, 15) is 19.5 Å². The van der Waals surface area contributed by atoms with Crippen molar-refractivity contribution in [1.29, 1.82) is 0 Å². The molecule has 3 aliphatic rings. The lowest BCUT2D eigenvalue weighted by Gasteiger charge is -2.23. The summed E-state index contributed by atoms with van der Waals surface area (Å²) in [5, 5.41) is 12.1. The van der Waals surface area contributed by atoms with Gasteiger partial charge in [0.25, 0.3) is 0 Å². The van der Waals surface area contributed by atoms with Crippen LogP contribution in [-0.4, -0.2) is 71.5 Å². The summed E-state index contributed by atoms with van der Waals surface area (Å²) in [7, 11) is 0. The van der Waals surface area contributed by atoms with Crippen LogP contribution >= 0.6 is 11.8 Å². The molecule has 2 aromatic rings. The van der Waals surface area contributed by atoms with E-state index < -0.39 is 24.0 Å². The van der Waals surface area contributed by atoms with Gasteiger partial charge in [0.15, 0.2) is 0 Å². The molecule has 2 N–H and O–H groups in total. The number of amides is 2. The standard InChI is InChI=1S/C25H26N2O6S/c28-23(27-14-34-13-22(27)24(29)30)15-9-16(32-11-15)10-26-25(31)33-12-21-19-7-3-1-5-17(19)18-6-2-4-8-20(18)21/h1-8,15-16,21-22H,9-14H2,(H,26,31)(H,29,30)/t15-,16-,22-/m0/s1. The molecule has 2 fully saturated rings. The molecule has 5 rings (SSSR count). The van der Waals surface area contributed by atoms with Gasteiger partial charge in [-0.15, -0.1) is 11.8 Å². The van der Waals surface area contributed by atoms with E-state index in [4.69, 9.17) is 9.47 Å². The Morgan fingerprint density at radius 1 is 1.09 bits per heavy atom. The molecular formula is C25H26N2O6S. The van der Waals surface area contributed by atoms with Crippen molar-refractivity contribution in [3.63, 3.8) is 0 Å². The summed E-state index contributed by atoms with van der Waals surface area (Å²) in [5.74, 6) is -0.791. The molecule has 0 spiro atoms. The van der Waals surface area contributed by atoms with Crippen molar-refractivity contribution in [3.05, 3.63) is 59.7 Å². The summed E-state index contributed by atoms with van der Waals surface area (Å²) in [4.78, 5) is 37.9. The van der Waals surface area contributed by atoms with E-state index in [1.807, 2.05) is 24.3 Å². The Labute approximate surface area is 201 Å². The van der Waals surface area contributed by atoms with Crippen LogP contribution in [0.5, 0.6) is 0 Å². The maximum atomic E-state index is 12.8. The lowest BCUT2D eigenvalue weighted by molar-refractivity contribution is -0.149. The van der Waals surface area contributed by atoms with Gasteiger partial charge in [-0.2, -0.15) is 0 Å². The van der Waals surface area contributed by atoms with Crippen LogP contribution in [-0.2, 0) is 19.1 Å². The number of carbonyl (C=O) groups excluding carboxylic acids is 2. The van der Waals surface area contributed by atoms with Crippen LogP contribution in [0.15, 0.2) is 48.5 Å². The number of thioether (sulfide) groups is 1. The number of carboxylic acids is 1. The van der Waals surface area contributed by atoms with Crippen molar-refractivity contribution in [2.24, 2.45) is 5.92 Å². The summed E-state index contributed by atoms with van der Waals surface area (Å²) in [6, 6.07) is 15.5. The Morgan fingerprint density at radius 2 is 1.76 bits per heavy atom. The number of ether oxygens (including phenoxy) is 2. The highest BCUT2D eigenvalue weighted by molar-refractivity contribution is 7.99. The minimum atomic E-state index is -0.981. The molecule has 2 aliphatic heterocycles. The van der Waals surface area contributed by atoms with Crippen LogP contribution in [0.2, 0.25) is 0 Å². The molecule has 0 aromatic heterocycles. The number of alkyl carbamates (subject to hydrolysis) is 1. The Morgan fingerprint density at radius 3 is 2.44 bits per heavy atom. The number of hydrogen-bond acceptors (Lipinski definition) is 6. The lowest BCUT2D eigenvalue weighted by atomic mass is 9.98. The van der Waals surface area contributed by atoms with Crippen LogP contribution < -0.4 is 5.32 Å². The molecule has 3 atom stereocenters. The molecule has 2 amide bonds. The molecule has 0 bridgehead atoms. The van der Waals surface area contributed by atoms with Crippen LogP contribution in [0.3, 0.4) is 0 Å². The molecule has 0 saturated carbocycles. The van der Waals surface area contributed by atoms with Gasteiger partial charge < -0.3 is 24.8 Å². The zero-order valence-electron chi connectivity index (χ0n) is 18.5. The second-order valence-corrected chi connectivity index (χ2v) is 9.76. The summed E-state index contributed by atoms with van der Waals surface area (Å²) in [6.07, 6.45) is -0.397. The number of hydrogen-bond donors (Lipinski definition) is 2. The monoisotopic (exact) mass is 482 g/mol. The molecule has 8 nitrogen and oxygen atoms in total. The van der Waals surface area contributed by atoms with Gasteiger partial charge >= 0.3 is 12.1 Å². The smallest absolute Gasteiger partial charge is 0.407 e. The first-order valence-corrected chi connectivity index (χ1v) is 12.5. The van der Waals surface area contributed by atoms with E-state index in [2.05, 4.69) is 29.6 Å². The fourth-order valence-corrected chi connectivity index (χ4v) is 6.12. The molecule has 2 aromatic carbocycles. The van der Waals surface area contributed by atoms with Crippen molar-refractivity contribution in [2.45, 2.75) is 24.5 Å². The van der Waals surface area contributed by atoms with Gasteiger partial charge in [0.05, 0.1) is 24.5 Å². The predicted octanol–water partition coefficient (Wildman–Crippen LogP) is 2.92. The maximum Gasteiger partial charge on any atom is 0.407 e. The minimum Gasteiger partial charge on any atom is -0.480 e. The largest absolute Gasteiger partial charge is 0.480 e. The van der Waals surface area contributed by atoms with Gasteiger partial charge in [-0.3, -0.25) is 4.79 Å². The number of rotatable bonds is 6. The second kappa shape index (κ2) is 9.68. The van der Waals surface area contributed by atoms with Gasteiger partial charge in [0.2, 0.25) is 5.91 Å². The van der Waals surface area contributed by atoms with Crippen LogP contribution in [0.4, 0.5) is 4.79 Å². The fraction of sp³-hybridized carbons (Fsp3) is 0.400. The topological polar surface area (TPSA) is 105 Å². The van der Waals surface area contributed by atoms with Crippen molar-refractivity contribution in [3.8, 4) is 11.1 Å². The fourth-order valence-electron chi connectivity index (χ4n) is 4.97. The molecule has 9 heteroatoms. The molecule has 0 radical (unpaired) electrons. The van der Waals surface area contributed by atoms with Gasteiger partial charge in [-0.1, -0.05) is 48.5 Å². The lowest BCUT2D eigenvalue weighted by Crippen LogP contribution is -2.44. The Balaban J connectivity index is 1.11. The van der Waals surface area contributed by atoms with E-state index in [0.29, 0.717) is 18.1 Å². The minimum absolute atomic E-state index is 0.0107. The highest BCUT2D eigenvalue weighted by atomic mass is 32.2. The Bertz CT molecular complexity index is 1060. The average molecular weight is 483 g/mol. The molecule has 0 unspecified atom stereocenters. The van der Waals surface area contributed by atoms with Crippen molar-refractivity contribution in [2.75, 3.05) is 31.4 Å². The summed E-state index contributed by atoms with van der Waals surface area (Å²) in [6.45, 7) is 0.691. The molecule has 34 heavy (non-hydrogen) atoms. The quantitative estimate of drug-likeness (QED) is 0.652. The van der Waals surface area contributed by atoms with Gasteiger partial charge in [0.1, 0.15) is 12.6 Å². The summed E-state index contributed by atoms with van der Waals surface area (Å²) < 4.78 is 11.2. The molecular weight excluding hydrogens is 456 g/mol. The van der Waals surface area contributed by atoms with E-state index in [-0.39, 0.29) is 37.7 Å². The van der Waals surface area contributed by atoms with E-state index >= 15 is 0 Å². The number of carbonyl (C=O) groups is 3. The maximum absolute atomic E-state index is 12.8. The van der Waals surface area contributed by atoms with Gasteiger partial charge in [-0.25, -0.2) is 9.59 Å². The normalized spacial score (nSPS) is 23.4. The molecule has 2 heterocycles. The number of benzene rings is 2. The average Bonchev–Trinajstić information content (AvgIpc) is 3.59. The third kappa shape index (κ3) is 4.37. The van der Waals surface area contributed by atoms with Crippen molar-refractivity contribution in [1.82, 2.24) is 10.2 Å². The number of carboxylic acid groups (broad SMARTS) is 1. The SMILES string of the molecule is O=C(NC[C@@H]1C[C@H](C(=O)N2CSC[C@H]2C(=O)O)CO1)OCC1c2ccccc2-c2ccccc21. The van der Waals surface area contributed by atoms with Gasteiger partial charge in [-0.05, 0) is 28.7 Å². The third-order valence-electron chi connectivity index (χ3n) is 6.70. The first-order valence-electron chi connectivity index (χ1n) is 11.3. The Kier molecular flexibility index (Phi) is 6.47. The molecule has 2 saturated heterocycles. The first-order chi connectivity index (χ1) is 16.5. The highest BCUT2D eigenvalue weighted by Gasteiger charge is 2.40. The van der Waals surface area contributed by atoms with Crippen molar-refractivity contribution < 1.29 is 29.0 Å². The zero-order valence-corrected chi connectivity index (χ0v) is 19.3. The van der Waals surface area contributed by atoms with Crippen molar-refractivity contribution >= 4 is 29.7 Å². The highest BCUT2D eigenvalue weighted by Crippen LogP contribution is 2.44. The number of aliphatic carboxylic acids is 1. The Hall–Kier alpha value is -3.04.